The van der Waals surface area contributed by atoms with Crippen LogP contribution in [0, 0.1) is 6.92 Å². The van der Waals surface area contributed by atoms with Crippen LogP contribution in [0.25, 0.3) is 16.8 Å². The molecule has 5 rings (SSSR count). The molecule has 0 atom stereocenters. The van der Waals surface area contributed by atoms with Gasteiger partial charge in [-0.25, -0.2) is 9.50 Å². The summed E-state index contributed by atoms with van der Waals surface area (Å²) in [5.41, 5.74) is 6.14. The average molecular weight is 422 g/mol. The van der Waals surface area contributed by atoms with Crippen molar-refractivity contribution in [2.45, 2.75) is 20.0 Å². The van der Waals surface area contributed by atoms with Gasteiger partial charge >= 0.3 is 0 Å². The highest BCUT2D eigenvalue weighted by atomic mass is 16.1. The quantitative estimate of drug-likeness (QED) is 0.451. The van der Waals surface area contributed by atoms with Gasteiger partial charge in [-0.3, -0.25) is 9.48 Å². The summed E-state index contributed by atoms with van der Waals surface area (Å²) >= 11 is 0. The highest BCUT2D eigenvalue weighted by Gasteiger charge is 2.18. The van der Waals surface area contributed by atoms with Gasteiger partial charge in [-0.1, -0.05) is 48.5 Å². The van der Waals surface area contributed by atoms with E-state index in [-0.39, 0.29) is 5.91 Å². The Morgan fingerprint density at radius 1 is 0.969 bits per heavy atom. The van der Waals surface area contributed by atoms with Crippen molar-refractivity contribution in [2.24, 2.45) is 0 Å². The molecule has 0 aliphatic heterocycles. The van der Waals surface area contributed by atoms with Gasteiger partial charge in [-0.15, -0.1) is 0 Å². The maximum absolute atomic E-state index is 12.9. The fourth-order valence-electron chi connectivity index (χ4n) is 3.85. The predicted octanol–water partition coefficient (Wildman–Crippen LogP) is 3.88. The lowest BCUT2D eigenvalue weighted by molar-refractivity contribution is 0.0952. The average Bonchev–Trinajstić information content (AvgIpc) is 3.45. The van der Waals surface area contributed by atoms with E-state index in [4.69, 9.17) is 0 Å². The van der Waals surface area contributed by atoms with Crippen LogP contribution >= 0.6 is 0 Å². The molecule has 0 aliphatic rings. The summed E-state index contributed by atoms with van der Waals surface area (Å²) in [6, 6.07) is 20.3. The smallest absolute Gasteiger partial charge is 0.257 e. The van der Waals surface area contributed by atoms with Crippen molar-refractivity contribution in [1.82, 2.24) is 29.7 Å². The molecule has 7 heteroatoms. The second-order valence-corrected chi connectivity index (χ2v) is 7.59. The zero-order valence-corrected chi connectivity index (χ0v) is 17.6. The summed E-state index contributed by atoms with van der Waals surface area (Å²) in [5, 5.41) is 11.7. The van der Waals surface area contributed by atoms with E-state index in [1.165, 1.54) is 5.56 Å². The Morgan fingerprint density at radius 2 is 1.78 bits per heavy atom. The maximum Gasteiger partial charge on any atom is 0.257 e. The number of rotatable bonds is 6. The number of aryl methyl sites for hydroxylation is 1. The van der Waals surface area contributed by atoms with Gasteiger partial charge in [-0.2, -0.15) is 10.2 Å². The molecule has 0 radical (unpaired) electrons. The van der Waals surface area contributed by atoms with Gasteiger partial charge in [0.1, 0.15) is 5.56 Å². The van der Waals surface area contributed by atoms with Crippen LogP contribution in [-0.2, 0) is 13.1 Å². The Labute approximate surface area is 185 Å². The molecule has 0 unspecified atom stereocenters. The van der Waals surface area contributed by atoms with E-state index in [1.54, 1.807) is 29.2 Å². The van der Waals surface area contributed by atoms with E-state index in [9.17, 15) is 4.79 Å². The minimum Gasteiger partial charge on any atom is -0.348 e. The number of nitrogens with one attached hydrogen (secondary N) is 1. The van der Waals surface area contributed by atoms with Crippen LogP contribution < -0.4 is 5.32 Å². The summed E-state index contributed by atoms with van der Waals surface area (Å²) in [6.45, 7) is 2.97. The Kier molecular flexibility index (Phi) is 5.21. The molecule has 3 aromatic heterocycles. The van der Waals surface area contributed by atoms with Gasteiger partial charge < -0.3 is 5.32 Å². The lowest BCUT2D eigenvalue weighted by atomic mass is 9.98. The third-order valence-corrected chi connectivity index (χ3v) is 5.42. The van der Waals surface area contributed by atoms with Crippen molar-refractivity contribution in [3.8, 4) is 11.1 Å². The van der Waals surface area contributed by atoms with Gasteiger partial charge in [0, 0.05) is 31.3 Å². The van der Waals surface area contributed by atoms with Crippen molar-refractivity contribution in [3.05, 3.63) is 108 Å². The van der Waals surface area contributed by atoms with E-state index < -0.39 is 0 Å². The lowest BCUT2D eigenvalue weighted by Crippen LogP contribution is -2.23. The third kappa shape index (κ3) is 3.88. The minimum absolute atomic E-state index is 0.180. The Bertz CT molecular complexity index is 1370. The molecule has 0 spiro atoms. The number of hydrogen-bond donors (Lipinski definition) is 1. The molecule has 0 fully saturated rings. The van der Waals surface area contributed by atoms with Crippen LogP contribution in [0.2, 0.25) is 0 Å². The molecule has 0 aliphatic carbocycles. The summed E-state index contributed by atoms with van der Waals surface area (Å²) in [5.74, 6) is -0.180. The molecule has 0 saturated heterocycles. The number of amides is 1. The fraction of sp³-hybridized carbons (Fsp3) is 0.120. The van der Waals surface area contributed by atoms with Crippen LogP contribution in [0.5, 0.6) is 0 Å². The van der Waals surface area contributed by atoms with Crippen molar-refractivity contribution in [1.29, 1.82) is 0 Å². The normalized spacial score (nSPS) is 11.0. The molecule has 5 aromatic rings. The first-order chi connectivity index (χ1) is 15.7. The molecular formula is C25H22N6O. The monoisotopic (exact) mass is 422 g/mol. The largest absolute Gasteiger partial charge is 0.348 e. The molecule has 158 valence electrons. The van der Waals surface area contributed by atoms with Crippen LogP contribution in [-0.4, -0.2) is 30.3 Å². The topological polar surface area (TPSA) is 77.1 Å². The van der Waals surface area contributed by atoms with Gasteiger partial charge in [0.25, 0.3) is 5.91 Å². The number of nitrogens with zero attached hydrogens (tertiary/aromatic N) is 5. The van der Waals surface area contributed by atoms with Crippen LogP contribution in [0.1, 0.15) is 27.2 Å². The second-order valence-electron chi connectivity index (χ2n) is 7.59. The number of carbonyl (C=O) groups is 1. The highest BCUT2D eigenvalue weighted by molar-refractivity contribution is 6.01. The first-order valence-electron chi connectivity index (χ1n) is 10.4. The summed E-state index contributed by atoms with van der Waals surface area (Å²) in [6.07, 6.45) is 7.19. The third-order valence-electron chi connectivity index (χ3n) is 5.42. The number of aromatic nitrogens is 5. The van der Waals surface area contributed by atoms with Crippen molar-refractivity contribution < 1.29 is 4.79 Å². The van der Waals surface area contributed by atoms with E-state index in [0.717, 1.165) is 23.2 Å². The van der Waals surface area contributed by atoms with Gasteiger partial charge in [0.15, 0.2) is 5.65 Å². The first-order valence-corrected chi connectivity index (χ1v) is 10.4. The highest BCUT2D eigenvalue weighted by Crippen LogP contribution is 2.24. The fourth-order valence-corrected chi connectivity index (χ4v) is 3.85. The van der Waals surface area contributed by atoms with Crippen LogP contribution in [0.4, 0.5) is 0 Å². The summed E-state index contributed by atoms with van der Waals surface area (Å²) in [4.78, 5) is 17.3. The van der Waals surface area contributed by atoms with Crippen molar-refractivity contribution >= 4 is 11.6 Å². The van der Waals surface area contributed by atoms with Gasteiger partial charge in [-0.05, 0) is 41.3 Å². The Morgan fingerprint density at radius 3 is 2.59 bits per heavy atom. The SMILES string of the molecule is Cc1nn2cccnc2c1C(=O)NCc1ccccc1-c1ccc(Cn2cccn2)cc1. The van der Waals surface area contributed by atoms with Crippen molar-refractivity contribution in [3.63, 3.8) is 0 Å². The number of benzene rings is 2. The number of hydrogen-bond acceptors (Lipinski definition) is 4. The molecular weight excluding hydrogens is 400 g/mol. The standard InChI is InChI=1S/C25H22N6O/c1-18-23(24-26-12-4-15-31(24)29-18)25(32)27-16-21-6-2-3-7-22(21)20-10-8-19(9-11-20)17-30-14-5-13-28-30/h2-15H,16-17H2,1H3,(H,27,32). The predicted molar refractivity (Wildman–Crippen MR) is 122 cm³/mol. The van der Waals surface area contributed by atoms with Gasteiger partial charge in [0.05, 0.1) is 12.2 Å². The molecule has 0 saturated carbocycles. The Hall–Kier alpha value is -4.26. The molecule has 7 nitrogen and oxygen atoms in total. The van der Waals surface area contributed by atoms with Crippen LogP contribution in [0.3, 0.4) is 0 Å². The molecule has 3 heterocycles. The Balaban J connectivity index is 1.34. The zero-order valence-electron chi connectivity index (χ0n) is 17.6. The summed E-state index contributed by atoms with van der Waals surface area (Å²) in [7, 11) is 0. The first kappa shape index (κ1) is 19.7. The minimum atomic E-state index is -0.180. The molecule has 0 bridgehead atoms. The van der Waals surface area contributed by atoms with E-state index >= 15 is 0 Å². The van der Waals surface area contributed by atoms with Crippen LogP contribution in [0.15, 0.2) is 85.5 Å². The number of carbonyl (C=O) groups excluding carboxylic acids is 1. The lowest BCUT2D eigenvalue weighted by Gasteiger charge is -2.12. The zero-order chi connectivity index (χ0) is 21.9. The van der Waals surface area contributed by atoms with Crippen molar-refractivity contribution in [2.75, 3.05) is 0 Å². The molecule has 1 N–H and O–H groups in total. The van der Waals surface area contributed by atoms with E-state index in [2.05, 4.69) is 50.8 Å². The maximum atomic E-state index is 12.9. The second kappa shape index (κ2) is 8.47. The number of fused-ring (bicyclic) bond motifs is 1. The molecule has 1 amide bonds. The molecule has 2 aromatic carbocycles. The summed E-state index contributed by atoms with van der Waals surface area (Å²) < 4.78 is 3.53. The molecule has 32 heavy (non-hydrogen) atoms. The van der Waals surface area contributed by atoms with E-state index in [1.807, 2.05) is 42.1 Å². The van der Waals surface area contributed by atoms with Gasteiger partial charge in [0.2, 0.25) is 0 Å². The van der Waals surface area contributed by atoms with E-state index in [0.29, 0.717) is 23.4 Å².